The number of phenolic OH excluding ortho intramolecular Hbond substituents is 1. The number of benzene rings is 2. The predicted octanol–water partition coefficient (Wildman–Crippen LogP) is 1.63. The molecule has 0 spiro atoms. The number of hydrogen-bond donors (Lipinski definition) is 3. The number of hydrogen-bond acceptors (Lipinski definition) is 7. The van der Waals surface area contributed by atoms with Crippen molar-refractivity contribution in [1.29, 1.82) is 0 Å². The average molecular weight is 475 g/mol. The Morgan fingerprint density at radius 1 is 1.20 bits per heavy atom. The third-order valence-corrected chi connectivity index (χ3v) is 6.49. The zero-order chi connectivity index (χ0) is 24.7. The number of aliphatic carboxylic acids is 1. The summed E-state index contributed by atoms with van der Waals surface area (Å²) < 4.78 is 11.2. The van der Waals surface area contributed by atoms with Gasteiger partial charge in [0, 0.05) is 40.0 Å². The summed E-state index contributed by atoms with van der Waals surface area (Å²) in [7, 11) is 0. The maximum Gasteiger partial charge on any atom is 0.339 e. The Morgan fingerprint density at radius 3 is 2.80 bits per heavy atom. The Balaban J connectivity index is 1.30. The summed E-state index contributed by atoms with van der Waals surface area (Å²) in [6.07, 6.45) is 4.04. The molecule has 0 fully saturated rings. The van der Waals surface area contributed by atoms with Gasteiger partial charge in [-0.3, -0.25) is 4.79 Å². The molecule has 1 aliphatic carbocycles. The van der Waals surface area contributed by atoms with E-state index in [0.717, 1.165) is 34.9 Å². The van der Waals surface area contributed by atoms with Gasteiger partial charge in [-0.1, -0.05) is 0 Å². The number of fused-ring (bicyclic) bond motifs is 4. The zero-order valence-electron chi connectivity index (χ0n) is 19.0. The Kier molecular flexibility index (Phi) is 5.68. The van der Waals surface area contributed by atoms with Gasteiger partial charge in [-0.05, 0) is 67.6 Å². The molecule has 0 saturated carbocycles. The summed E-state index contributed by atoms with van der Waals surface area (Å²) in [6, 6.07) is 6.96. The van der Waals surface area contributed by atoms with Crippen LogP contribution < -0.4 is 20.8 Å². The number of phenols is 1. The van der Waals surface area contributed by atoms with Gasteiger partial charge in [0.25, 0.3) is 5.91 Å². The maximum atomic E-state index is 12.5. The topological polar surface area (TPSA) is 145 Å². The van der Waals surface area contributed by atoms with Crippen molar-refractivity contribution in [2.75, 3.05) is 6.61 Å². The lowest BCUT2D eigenvalue weighted by molar-refractivity contribution is -0.308. The van der Waals surface area contributed by atoms with Crippen LogP contribution in [0.15, 0.2) is 45.7 Å². The third-order valence-electron chi connectivity index (χ3n) is 6.49. The van der Waals surface area contributed by atoms with E-state index in [1.165, 1.54) is 12.1 Å². The van der Waals surface area contributed by atoms with Gasteiger partial charge in [-0.2, -0.15) is 0 Å². The van der Waals surface area contributed by atoms with Crippen LogP contribution in [0.25, 0.3) is 21.9 Å². The molecule has 1 amide bonds. The highest BCUT2D eigenvalue weighted by Gasteiger charge is 2.22. The van der Waals surface area contributed by atoms with Gasteiger partial charge in [-0.15, -0.1) is 0 Å². The number of aromatic amines is 1. The molecule has 35 heavy (non-hydrogen) atoms. The van der Waals surface area contributed by atoms with E-state index >= 15 is 0 Å². The van der Waals surface area contributed by atoms with Crippen molar-refractivity contribution in [2.45, 2.75) is 38.6 Å². The molecule has 9 nitrogen and oxygen atoms in total. The number of aromatic hydroxyl groups is 1. The number of nitrogens with one attached hydrogen (secondary N) is 2. The third kappa shape index (κ3) is 4.21. The molecule has 180 valence electrons. The van der Waals surface area contributed by atoms with Crippen LogP contribution in [0.2, 0.25) is 0 Å². The van der Waals surface area contributed by atoms with Crippen LogP contribution in [0.1, 0.15) is 28.7 Å². The van der Waals surface area contributed by atoms with E-state index in [9.17, 15) is 24.6 Å². The van der Waals surface area contributed by atoms with E-state index in [1.807, 2.05) is 6.07 Å². The first kappa shape index (κ1) is 22.5. The van der Waals surface area contributed by atoms with Crippen molar-refractivity contribution in [3.8, 4) is 11.5 Å². The second-order valence-electron chi connectivity index (χ2n) is 8.74. The SMILES string of the molecule is Cc1c(OCC(=O)N[C@@H](Cc2c[nH]c3ccc(O)cc23)C(=O)[O-])ccc2c3c(c(=O)oc12)CCC3. The Morgan fingerprint density at radius 2 is 2.00 bits per heavy atom. The fourth-order valence-corrected chi connectivity index (χ4v) is 4.75. The van der Waals surface area contributed by atoms with Crippen LogP contribution >= 0.6 is 0 Å². The van der Waals surface area contributed by atoms with Crippen LogP contribution in [0.3, 0.4) is 0 Å². The fraction of sp³-hybridized carbons (Fsp3) is 0.269. The Labute approximate surface area is 199 Å². The van der Waals surface area contributed by atoms with E-state index in [-0.39, 0.29) is 17.8 Å². The lowest BCUT2D eigenvalue weighted by atomic mass is 10.0. The summed E-state index contributed by atoms with van der Waals surface area (Å²) in [5, 5.41) is 25.4. The fourth-order valence-electron chi connectivity index (χ4n) is 4.75. The van der Waals surface area contributed by atoms with Crippen LogP contribution in [0.5, 0.6) is 11.5 Å². The number of rotatable bonds is 7. The molecule has 3 N–H and O–H groups in total. The van der Waals surface area contributed by atoms with Gasteiger partial charge in [-0.25, -0.2) is 4.79 Å². The molecule has 2 aromatic heterocycles. The normalized spacial score (nSPS) is 13.6. The van der Waals surface area contributed by atoms with Gasteiger partial charge >= 0.3 is 5.63 Å². The van der Waals surface area contributed by atoms with Gasteiger partial charge in [0.05, 0.1) is 12.0 Å². The molecule has 0 unspecified atom stereocenters. The van der Waals surface area contributed by atoms with Crippen LogP contribution in [-0.4, -0.2) is 34.6 Å². The highest BCUT2D eigenvalue weighted by Crippen LogP contribution is 2.33. The number of ether oxygens (including phenoxy) is 1. The van der Waals surface area contributed by atoms with Crippen molar-refractivity contribution in [3.63, 3.8) is 0 Å². The van der Waals surface area contributed by atoms with Crippen molar-refractivity contribution in [3.05, 3.63) is 69.2 Å². The van der Waals surface area contributed by atoms with Gasteiger partial charge in [0.2, 0.25) is 0 Å². The number of H-pyrrole nitrogens is 1. The van der Waals surface area contributed by atoms with Crippen molar-refractivity contribution in [2.24, 2.45) is 0 Å². The number of aryl methyl sites for hydroxylation is 2. The molecular weight excluding hydrogens is 452 g/mol. The maximum absolute atomic E-state index is 12.5. The quantitative estimate of drug-likeness (QED) is 0.345. The first-order chi connectivity index (χ1) is 16.8. The predicted molar refractivity (Wildman–Crippen MR) is 125 cm³/mol. The Bertz CT molecular complexity index is 1530. The minimum absolute atomic E-state index is 0.0389. The minimum atomic E-state index is -1.44. The lowest BCUT2D eigenvalue weighted by Crippen LogP contribution is -2.50. The van der Waals surface area contributed by atoms with Crippen molar-refractivity contribution < 1.29 is 29.0 Å². The molecule has 4 aromatic rings. The Hall–Kier alpha value is -4.27. The molecule has 2 aromatic carbocycles. The van der Waals surface area contributed by atoms with Gasteiger partial charge in [0.1, 0.15) is 17.1 Å². The molecule has 0 radical (unpaired) electrons. The second kappa shape index (κ2) is 8.83. The van der Waals surface area contributed by atoms with Gasteiger partial charge in [0.15, 0.2) is 6.61 Å². The number of carbonyl (C=O) groups is 2. The molecule has 5 rings (SSSR count). The van der Waals surface area contributed by atoms with Crippen molar-refractivity contribution in [1.82, 2.24) is 10.3 Å². The molecule has 2 heterocycles. The molecule has 0 aliphatic heterocycles. The van der Waals surface area contributed by atoms with E-state index < -0.39 is 24.5 Å². The second-order valence-corrected chi connectivity index (χ2v) is 8.74. The number of aromatic nitrogens is 1. The number of carboxylic acid groups (broad SMARTS) is 1. The average Bonchev–Trinajstić information content (AvgIpc) is 3.47. The summed E-state index contributed by atoms with van der Waals surface area (Å²) in [5.41, 5.74) is 3.76. The van der Waals surface area contributed by atoms with Crippen LogP contribution in [0.4, 0.5) is 0 Å². The van der Waals surface area contributed by atoms with E-state index in [0.29, 0.717) is 34.3 Å². The molecule has 9 heteroatoms. The molecule has 1 aliphatic rings. The molecule has 1 atom stereocenters. The lowest BCUT2D eigenvalue weighted by Gasteiger charge is -2.20. The molecule has 0 saturated heterocycles. The first-order valence-corrected chi connectivity index (χ1v) is 11.3. The largest absolute Gasteiger partial charge is 0.548 e. The summed E-state index contributed by atoms with van der Waals surface area (Å²) in [5.74, 6) is -1.67. The van der Waals surface area contributed by atoms with Crippen LogP contribution in [-0.2, 0) is 28.9 Å². The highest BCUT2D eigenvalue weighted by molar-refractivity contribution is 5.88. The summed E-state index contributed by atoms with van der Waals surface area (Å²) in [6.45, 7) is 1.32. The van der Waals surface area contributed by atoms with Gasteiger partial charge < -0.3 is 34.5 Å². The number of amides is 1. The zero-order valence-corrected chi connectivity index (χ0v) is 19.0. The minimum Gasteiger partial charge on any atom is -0.548 e. The standard InChI is InChI=1S/C26H24N2O7/c1-13-22(8-6-17-16-3-2-4-18(16)26(33)35-24(13)17)34-12-23(30)28-21(25(31)32)9-14-11-27-20-7-5-15(29)10-19(14)20/h5-8,10-11,21,27,29H,2-4,9,12H2,1H3,(H,28,30)(H,31,32)/p-1/t21-/m0/s1. The monoisotopic (exact) mass is 475 g/mol. The molecular formula is C26H23N2O7-. The van der Waals surface area contributed by atoms with E-state index in [4.69, 9.17) is 9.15 Å². The van der Waals surface area contributed by atoms with E-state index in [1.54, 1.807) is 25.3 Å². The molecule has 0 bridgehead atoms. The van der Waals surface area contributed by atoms with E-state index in [2.05, 4.69) is 10.3 Å². The van der Waals surface area contributed by atoms with Crippen LogP contribution in [0, 0.1) is 6.92 Å². The smallest absolute Gasteiger partial charge is 0.339 e. The highest BCUT2D eigenvalue weighted by atomic mass is 16.5. The summed E-state index contributed by atoms with van der Waals surface area (Å²) >= 11 is 0. The van der Waals surface area contributed by atoms with Crippen molar-refractivity contribution >= 4 is 33.7 Å². The number of carbonyl (C=O) groups excluding carboxylic acids is 2. The first-order valence-electron chi connectivity index (χ1n) is 11.3. The summed E-state index contributed by atoms with van der Waals surface area (Å²) in [4.78, 5) is 39.5. The number of carboxylic acids is 1.